The van der Waals surface area contributed by atoms with Gasteiger partial charge in [0.2, 0.25) is 10.0 Å². The summed E-state index contributed by atoms with van der Waals surface area (Å²) >= 11 is -4.30. The summed E-state index contributed by atoms with van der Waals surface area (Å²) in [4.78, 5) is -0.353. The van der Waals surface area contributed by atoms with E-state index in [4.69, 9.17) is 5.14 Å². The lowest BCUT2D eigenvalue weighted by Gasteiger charge is -2.19. The maximum absolute atomic E-state index is 12.8. The Bertz CT molecular complexity index is 1410. The van der Waals surface area contributed by atoms with Gasteiger partial charge in [0.05, 0.1) is 0 Å². The Morgan fingerprint density at radius 2 is 1.03 bits per heavy atom. The van der Waals surface area contributed by atoms with E-state index in [0.29, 0.717) is 22.3 Å². The molecule has 0 aromatic heterocycles. The quantitative estimate of drug-likeness (QED) is 0.327. The van der Waals surface area contributed by atoms with Crippen LogP contribution in [0.25, 0.3) is 33.4 Å². The zero-order valence-corrected chi connectivity index (χ0v) is 19.2. The zero-order valence-electron chi connectivity index (χ0n) is 16.2. The van der Waals surface area contributed by atoms with Gasteiger partial charge in [0.1, 0.15) is 8.47 Å². The molecule has 0 heterocycles. The van der Waals surface area contributed by atoms with Crippen LogP contribution in [0.15, 0.2) is 102 Å². The highest BCUT2D eigenvalue weighted by atomic mass is 127. The van der Waals surface area contributed by atoms with E-state index >= 15 is 0 Å². The molecule has 0 bridgehead atoms. The van der Waals surface area contributed by atoms with Crippen molar-refractivity contribution in [2.45, 2.75) is 4.90 Å². The van der Waals surface area contributed by atoms with E-state index in [0.717, 1.165) is 5.56 Å². The fourth-order valence-electron chi connectivity index (χ4n) is 3.62. The summed E-state index contributed by atoms with van der Waals surface area (Å²) in [5.41, 5.74) is 3.15. The first-order valence-corrected chi connectivity index (χ1v) is 13.7. The van der Waals surface area contributed by atoms with Crippen LogP contribution in [0.5, 0.6) is 0 Å². The number of hydrogen-bond acceptors (Lipinski definition) is 4. The fraction of sp³-hybridized carbons (Fsp3) is 0. The van der Waals surface area contributed by atoms with E-state index in [1.807, 2.05) is 36.4 Å². The van der Waals surface area contributed by atoms with E-state index in [1.165, 1.54) is 0 Å². The number of sulfonamides is 1. The molecule has 0 aliphatic carbocycles. The van der Waals surface area contributed by atoms with Gasteiger partial charge in [-0.2, -0.15) is 0 Å². The van der Waals surface area contributed by atoms with Crippen LogP contribution in [0, 0.1) is 3.57 Å². The Morgan fingerprint density at radius 3 is 1.45 bits per heavy atom. The summed E-state index contributed by atoms with van der Waals surface area (Å²) in [5, 5.41) is 5.65. The SMILES string of the molecule is NS(=O)(=O)c1c(-c2ccccc2)c(-c2ccccc2)cc(-c2ccccc2)c1I(=O)=O. The topological polar surface area (TPSA) is 94.3 Å². The Labute approximate surface area is 187 Å². The van der Waals surface area contributed by atoms with Crippen LogP contribution >= 0.6 is 19.8 Å². The number of benzene rings is 4. The average Bonchev–Trinajstić information content (AvgIpc) is 2.78. The minimum atomic E-state index is -4.38. The molecule has 4 aromatic rings. The molecular formula is C24H18INO4S. The highest BCUT2D eigenvalue weighted by molar-refractivity contribution is 14.2. The first-order valence-electron chi connectivity index (χ1n) is 9.33. The second kappa shape index (κ2) is 8.70. The number of nitrogens with two attached hydrogens (primary N) is 1. The highest BCUT2D eigenvalue weighted by Gasteiger charge is 2.30. The molecule has 0 unspecified atom stereocenters. The molecule has 0 atom stereocenters. The van der Waals surface area contributed by atoms with Crippen molar-refractivity contribution < 1.29 is 14.6 Å². The van der Waals surface area contributed by atoms with Gasteiger partial charge in [0, 0.05) is 11.1 Å². The van der Waals surface area contributed by atoms with Crippen molar-refractivity contribution in [1.29, 1.82) is 0 Å². The molecule has 7 heteroatoms. The van der Waals surface area contributed by atoms with Crippen LogP contribution in [-0.2, 0) is 16.2 Å². The molecule has 31 heavy (non-hydrogen) atoms. The molecule has 0 radical (unpaired) electrons. The molecule has 4 aromatic carbocycles. The molecule has 0 aliphatic heterocycles. The summed E-state index contributed by atoms with van der Waals surface area (Å²) in [6.07, 6.45) is 0. The smallest absolute Gasteiger partial charge is 0.230 e. The Morgan fingerprint density at radius 1 is 0.613 bits per heavy atom. The third kappa shape index (κ3) is 4.30. The summed E-state index contributed by atoms with van der Waals surface area (Å²) in [7, 11) is -4.38. The third-order valence-corrected chi connectivity index (χ3v) is 8.24. The van der Waals surface area contributed by atoms with Gasteiger partial charge in [0.25, 0.3) is 0 Å². The van der Waals surface area contributed by atoms with Crippen LogP contribution in [0.1, 0.15) is 0 Å². The first kappa shape index (κ1) is 21.4. The number of hydrogen-bond donors (Lipinski definition) is 1. The second-order valence-electron chi connectivity index (χ2n) is 6.85. The predicted molar refractivity (Wildman–Crippen MR) is 128 cm³/mol. The number of rotatable bonds is 5. The van der Waals surface area contributed by atoms with Gasteiger partial charge in [-0.25, -0.2) is 19.7 Å². The fourth-order valence-corrected chi connectivity index (χ4v) is 7.45. The van der Waals surface area contributed by atoms with Crippen molar-refractivity contribution in [2.75, 3.05) is 0 Å². The molecule has 156 valence electrons. The van der Waals surface area contributed by atoms with Gasteiger partial charge in [-0.1, -0.05) is 91.0 Å². The largest absolute Gasteiger partial charge is 0.342 e. The molecule has 5 nitrogen and oxygen atoms in total. The minimum Gasteiger partial charge on any atom is -0.230 e. The average molecular weight is 543 g/mol. The van der Waals surface area contributed by atoms with E-state index in [1.54, 1.807) is 60.7 Å². The molecule has 0 fully saturated rings. The van der Waals surface area contributed by atoms with E-state index in [9.17, 15) is 14.6 Å². The van der Waals surface area contributed by atoms with Gasteiger partial charge in [-0.3, -0.25) is 0 Å². The molecule has 0 spiro atoms. The summed E-state index contributed by atoms with van der Waals surface area (Å²) in [6.45, 7) is 0. The second-order valence-corrected chi connectivity index (χ2v) is 10.7. The number of primary sulfonamides is 1. The van der Waals surface area contributed by atoms with Crippen molar-refractivity contribution in [3.05, 3.63) is 101 Å². The molecule has 0 saturated heterocycles. The van der Waals surface area contributed by atoms with E-state index < -0.39 is 29.8 Å². The van der Waals surface area contributed by atoms with Gasteiger partial charge in [0.15, 0.2) is 0 Å². The molecule has 0 aliphatic rings. The third-order valence-electron chi connectivity index (χ3n) is 4.89. The minimum absolute atomic E-state index is 0.212. The summed E-state index contributed by atoms with van der Waals surface area (Å²) < 4.78 is 50.5. The van der Waals surface area contributed by atoms with Crippen molar-refractivity contribution in [3.63, 3.8) is 0 Å². The Kier molecular flexibility index (Phi) is 5.99. The molecule has 0 amide bonds. The van der Waals surface area contributed by atoms with Crippen LogP contribution in [0.4, 0.5) is 0 Å². The normalized spacial score (nSPS) is 11.5. The van der Waals surface area contributed by atoms with Crippen molar-refractivity contribution in [3.8, 4) is 33.4 Å². The van der Waals surface area contributed by atoms with Crippen LogP contribution in [-0.4, -0.2) is 8.42 Å². The molecule has 0 saturated carbocycles. The van der Waals surface area contributed by atoms with Crippen molar-refractivity contribution >= 4 is 29.8 Å². The lowest BCUT2D eigenvalue weighted by molar-refractivity contribution is 0.596. The summed E-state index contributed by atoms with van der Waals surface area (Å²) in [6, 6.07) is 28.7. The molecular weight excluding hydrogens is 525 g/mol. The predicted octanol–water partition coefficient (Wildman–Crippen LogP) is 5.70. The lowest BCUT2D eigenvalue weighted by Crippen LogP contribution is -2.17. The van der Waals surface area contributed by atoms with Crippen LogP contribution in [0.3, 0.4) is 0 Å². The summed E-state index contributed by atoms with van der Waals surface area (Å²) in [5.74, 6) is 0. The lowest BCUT2D eigenvalue weighted by atomic mass is 9.91. The van der Waals surface area contributed by atoms with E-state index in [-0.39, 0.29) is 14.0 Å². The van der Waals surface area contributed by atoms with Gasteiger partial charge >= 0.3 is 19.8 Å². The zero-order chi connectivity index (χ0) is 22.0. The van der Waals surface area contributed by atoms with Gasteiger partial charge in [-0.15, -0.1) is 0 Å². The molecule has 4 rings (SSSR count). The van der Waals surface area contributed by atoms with Crippen molar-refractivity contribution in [1.82, 2.24) is 0 Å². The van der Waals surface area contributed by atoms with Gasteiger partial charge < -0.3 is 0 Å². The van der Waals surface area contributed by atoms with Gasteiger partial charge in [-0.05, 0) is 28.3 Å². The maximum atomic E-state index is 12.8. The van der Waals surface area contributed by atoms with Crippen molar-refractivity contribution in [2.24, 2.45) is 5.14 Å². The highest BCUT2D eigenvalue weighted by Crippen LogP contribution is 2.46. The maximum Gasteiger partial charge on any atom is 0.342 e. The molecule has 2 N–H and O–H groups in total. The first-order chi connectivity index (χ1) is 14.9. The monoisotopic (exact) mass is 543 g/mol. The Balaban J connectivity index is 2.27. The van der Waals surface area contributed by atoms with Crippen LogP contribution < -0.4 is 5.14 Å². The standard InChI is InChI=1S/C24H18INO4S/c26-31(29,30)24-22(19-14-8-3-9-15-19)20(17-10-4-1-5-11-17)16-21(23(24)25(27)28)18-12-6-2-7-13-18/h1-16H,(H2,26,29,30). The van der Waals surface area contributed by atoms with E-state index in [2.05, 4.69) is 0 Å². The Hall–Kier alpha value is -2.88. The number of halogens is 1. The van der Waals surface area contributed by atoms with Crippen LogP contribution in [0.2, 0.25) is 0 Å².